The smallest absolute Gasteiger partial charge is 0.273 e. The van der Waals surface area contributed by atoms with Crippen LogP contribution in [0.5, 0.6) is 5.75 Å². The molecule has 1 aliphatic carbocycles. The van der Waals surface area contributed by atoms with Gasteiger partial charge in [0.2, 0.25) is 0 Å². The van der Waals surface area contributed by atoms with Crippen LogP contribution in [0.3, 0.4) is 0 Å². The number of methoxy groups -OCH3 is 1. The molecule has 15 heteroatoms. The summed E-state index contributed by atoms with van der Waals surface area (Å²) in [5, 5.41) is 21.7. The standard InChI is InChI=1S/C26H24F2N10O3/c1-40-22-5-4-21(38-14-30-33-35-38)18(23(22)27)7-29-25(39)20-11-37(34-32-20)10-17-9-36-8-16(15-2-3-15)6-19(24(36)31-17)26(28)12-41-13-26/h4-6,8-9,11,14-15H,2-3,7,10,12-13H2,1H3,(H,29,39). The molecule has 0 spiro atoms. The molecule has 41 heavy (non-hydrogen) atoms. The molecule has 1 saturated heterocycles. The second-order valence-corrected chi connectivity index (χ2v) is 10.2. The second kappa shape index (κ2) is 9.69. The predicted molar refractivity (Wildman–Crippen MR) is 137 cm³/mol. The van der Waals surface area contributed by atoms with E-state index in [0.717, 1.165) is 18.4 Å². The van der Waals surface area contributed by atoms with Crippen molar-refractivity contribution in [3.8, 4) is 11.4 Å². The Morgan fingerprint density at radius 3 is 2.78 bits per heavy atom. The van der Waals surface area contributed by atoms with Crippen molar-refractivity contribution >= 4 is 11.6 Å². The molecule has 210 valence electrons. The number of amides is 1. The molecule has 5 aromatic rings. The van der Waals surface area contributed by atoms with Crippen LogP contribution in [0, 0.1) is 5.82 Å². The van der Waals surface area contributed by atoms with Crippen LogP contribution in [0.15, 0.2) is 43.1 Å². The third-order valence-electron chi connectivity index (χ3n) is 7.34. The summed E-state index contributed by atoms with van der Waals surface area (Å²) in [4.78, 5) is 17.6. The Hall–Kier alpha value is -4.79. The molecule has 5 heterocycles. The van der Waals surface area contributed by atoms with Crippen LogP contribution in [0.4, 0.5) is 8.78 Å². The minimum Gasteiger partial charge on any atom is -0.494 e. The monoisotopic (exact) mass is 562 g/mol. The molecule has 1 N–H and O–H groups in total. The van der Waals surface area contributed by atoms with Gasteiger partial charge in [0.25, 0.3) is 5.91 Å². The Balaban J connectivity index is 1.09. The van der Waals surface area contributed by atoms with E-state index in [2.05, 4.69) is 36.1 Å². The number of ether oxygens (including phenoxy) is 2. The fourth-order valence-corrected chi connectivity index (χ4v) is 4.96. The molecule has 7 rings (SSSR count). The van der Waals surface area contributed by atoms with Crippen molar-refractivity contribution in [3.05, 3.63) is 77.0 Å². The van der Waals surface area contributed by atoms with Crippen molar-refractivity contribution in [2.75, 3.05) is 20.3 Å². The van der Waals surface area contributed by atoms with Gasteiger partial charge in [-0.15, -0.1) is 10.2 Å². The zero-order valence-electron chi connectivity index (χ0n) is 21.9. The molecule has 0 bridgehead atoms. The summed E-state index contributed by atoms with van der Waals surface area (Å²) in [6.45, 7) is 0.0514. The Labute approximate surface area is 231 Å². The van der Waals surface area contributed by atoms with Crippen molar-refractivity contribution in [3.63, 3.8) is 0 Å². The Bertz CT molecular complexity index is 1760. The first-order valence-electron chi connectivity index (χ1n) is 13.0. The Morgan fingerprint density at radius 1 is 1.22 bits per heavy atom. The fraction of sp³-hybridized carbons (Fsp3) is 0.346. The Morgan fingerprint density at radius 2 is 2.07 bits per heavy atom. The van der Waals surface area contributed by atoms with Gasteiger partial charge in [-0.2, -0.15) is 0 Å². The molecule has 2 aliphatic rings. The van der Waals surface area contributed by atoms with Gasteiger partial charge < -0.3 is 19.2 Å². The van der Waals surface area contributed by atoms with E-state index in [0.29, 0.717) is 28.5 Å². The lowest BCUT2D eigenvalue weighted by atomic mass is 9.93. The minimum absolute atomic E-state index is 0.0113. The first kappa shape index (κ1) is 25.2. The number of nitrogens with one attached hydrogen (secondary N) is 1. The summed E-state index contributed by atoms with van der Waals surface area (Å²) in [5.74, 6) is -0.749. The summed E-state index contributed by atoms with van der Waals surface area (Å²) in [7, 11) is 1.35. The number of rotatable bonds is 9. The van der Waals surface area contributed by atoms with E-state index in [1.54, 1.807) is 6.07 Å². The first-order chi connectivity index (χ1) is 19.9. The average Bonchev–Trinajstić information content (AvgIpc) is 3.30. The molecule has 4 aromatic heterocycles. The normalized spacial score (nSPS) is 16.1. The quantitative estimate of drug-likeness (QED) is 0.286. The number of pyridine rings is 1. The molecule has 0 unspecified atom stereocenters. The Kier molecular flexibility index (Phi) is 5.96. The first-order valence-corrected chi connectivity index (χ1v) is 13.0. The molecule has 1 aliphatic heterocycles. The van der Waals surface area contributed by atoms with Crippen LogP contribution in [-0.4, -0.2) is 70.8 Å². The van der Waals surface area contributed by atoms with Gasteiger partial charge in [0.05, 0.1) is 44.4 Å². The molecule has 2 fully saturated rings. The van der Waals surface area contributed by atoms with E-state index in [1.807, 2.05) is 22.9 Å². The highest BCUT2D eigenvalue weighted by Crippen LogP contribution is 2.43. The van der Waals surface area contributed by atoms with Crippen LogP contribution in [-0.2, 0) is 23.5 Å². The SMILES string of the molecule is COc1ccc(-n2cnnn2)c(CNC(=O)c2cn(Cc3cn4cc(C5CC5)cc(C5(F)COC5)c4n3)nn2)c1F. The van der Waals surface area contributed by atoms with Gasteiger partial charge in [0.1, 0.15) is 12.0 Å². The number of aromatic nitrogens is 9. The number of hydrogen-bond acceptors (Lipinski definition) is 9. The number of imidazole rings is 1. The topological polar surface area (TPSA) is 139 Å². The largest absolute Gasteiger partial charge is 0.494 e. The van der Waals surface area contributed by atoms with Crippen molar-refractivity contribution in [2.24, 2.45) is 0 Å². The number of carbonyl (C=O) groups is 1. The maximum atomic E-state index is 15.4. The number of tetrazole rings is 1. The van der Waals surface area contributed by atoms with Crippen LogP contribution < -0.4 is 10.1 Å². The maximum absolute atomic E-state index is 15.4. The maximum Gasteiger partial charge on any atom is 0.273 e. The average molecular weight is 563 g/mol. The molecule has 0 radical (unpaired) electrons. The van der Waals surface area contributed by atoms with Gasteiger partial charge in [-0.3, -0.25) is 4.79 Å². The van der Waals surface area contributed by atoms with Crippen molar-refractivity contribution in [1.29, 1.82) is 0 Å². The van der Waals surface area contributed by atoms with Crippen LogP contribution >= 0.6 is 0 Å². The van der Waals surface area contributed by atoms with E-state index >= 15 is 8.78 Å². The molecular weight excluding hydrogens is 538 g/mol. The fourth-order valence-electron chi connectivity index (χ4n) is 4.96. The highest BCUT2D eigenvalue weighted by atomic mass is 19.1. The minimum atomic E-state index is -1.56. The van der Waals surface area contributed by atoms with Crippen LogP contribution in [0.1, 0.15) is 51.6 Å². The highest BCUT2D eigenvalue weighted by molar-refractivity contribution is 5.91. The van der Waals surface area contributed by atoms with Gasteiger partial charge in [-0.25, -0.2) is 23.1 Å². The van der Waals surface area contributed by atoms with E-state index in [9.17, 15) is 4.79 Å². The van der Waals surface area contributed by atoms with Crippen molar-refractivity contribution in [2.45, 2.75) is 37.5 Å². The number of carbonyl (C=O) groups excluding carboxylic acids is 1. The van der Waals surface area contributed by atoms with Crippen molar-refractivity contribution < 1.29 is 23.0 Å². The molecule has 1 saturated carbocycles. The number of hydrogen-bond donors (Lipinski definition) is 1. The molecule has 13 nitrogen and oxygen atoms in total. The number of fused-ring (bicyclic) bond motifs is 1. The van der Waals surface area contributed by atoms with Gasteiger partial charge in [-0.1, -0.05) is 5.21 Å². The van der Waals surface area contributed by atoms with Crippen LogP contribution in [0.25, 0.3) is 11.3 Å². The van der Waals surface area contributed by atoms with Gasteiger partial charge >= 0.3 is 0 Å². The van der Waals surface area contributed by atoms with Gasteiger partial charge in [0.15, 0.2) is 22.9 Å². The van der Waals surface area contributed by atoms with E-state index in [4.69, 9.17) is 9.47 Å². The third-order valence-corrected chi connectivity index (χ3v) is 7.34. The van der Waals surface area contributed by atoms with E-state index < -0.39 is 17.4 Å². The second-order valence-electron chi connectivity index (χ2n) is 10.2. The lowest BCUT2D eigenvalue weighted by Gasteiger charge is -2.34. The lowest BCUT2D eigenvalue weighted by molar-refractivity contribution is -0.134. The summed E-state index contributed by atoms with van der Waals surface area (Å²) in [6.07, 6.45) is 8.81. The lowest BCUT2D eigenvalue weighted by Crippen LogP contribution is -2.43. The molecular formula is C26H24F2N10O3. The third kappa shape index (κ3) is 4.57. The van der Waals surface area contributed by atoms with E-state index in [-0.39, 0.29) is 43.3 Å². The number of halogens is 2. The molecule has 1 amide bonds. The van der Waals surface area contributed by atoms with Crippen molar-refractivity contribution in [1.82, 2.24) is 49.9 Å². The van der Waals surface area contributed by atoms with Gasteiger partial charge in [-0.05, 0) is 52.9 Å². The predicted octanol–water partition coefficient (Wildman–Crippen LogP) is 2.10. The zero-order valence-corrected chi connectivity index (χ0v) is 21.9. The van der Waals surface area contributed by atoms with Crippen LogP contribution in [0.2, 0.25) is 0 Å². The summed E-state index contributed by atoms with van der Waals surface area (Å²) < 4.78 is 45.4. The molecule has 0 atom stereocenters. The number of alkyl halides is 1. The summed E-state index contributed by atoms with van der Waals surface area (Å²) in [6, 6.07) is 4.96. The number of nitrogens with zero attached hydrogens (tertiary/aromatic N) is 9. The summed E-state index contributed by atoms with van der Waals surface area (Å²) >= 11 is 0. The summed E-state index contributed by atoms with van der Waals surface area (Å²) in [5.41, 5.74) is 1.74. The van der Waals surface area contributed by atoms with E-state index in [1.165, 1.54) is 35.1 Å². The zero-order chi connectivity index (χ0) is 28.1. The molecule has 1 aromatic carbocycles. The number of benzene rings is 1. The highest BCUT2D eigenvalue weighted by Gasteiger charge is 2.43. The van der Waals surface area contributed by atoms with Gasteiger partial charge in [0, 0.05) is 30.1 Å².